The molecule has 134 valence electrons. The molecule has 1 aromatic heterocycles. The molecule has 0 aliphatic rings. The van der Waals surface area contributed by atoms with Crippen molar-refractivity contribution in [1.29, 1.82) is 0 Å². The molecular weight excluding hydrogens is 316 g/mol. The second-order valence-corrected chi connectivity index (χ2v) is 6.14. The van der Waals surface area contributed by atoms with Gasteiger partial charge in [0.05, 0.1) is 5.56 Å². The molecule has 0 saturated carbocycles. The van der Waals surface area contributed by atoms with E-state index in [0.717, 1.165) is 24.2 Å². The van der Waals surface area contributed by atoms with Gasteiger partial charge in [-0.1, -0.05) is 43.7 Å². The van der Waals surface area contributed by atoms with E-state index in [1.807, 2.05) is 38.1 Å². The van der Waals surface area contributed by atoms with Gasteiger partial charge in [0.15, 0.2) is 6.61 Å². The van der Waals surface area contributed by atoms with Crippen LogP contribution in [0.1, 0.15) is 47.1 Å². The molecule has 1 amide bonds. The molecule has 0 radical (unpaired) electrons. The molecule has 0 unspecified atom stereocenters. The lowest BCUT2D eigenvalue weighted by atomic mass is 10.2. The lowest BCUT2D eigenvalue weighted by molar-refractivity contribution is -0.124. The molecule has 2 rings (SSSR count). The minimum absolute atomic E-state index is 0.245. The number of esters is 1. The van der Waals surface area contributed by atoms with Gasteiger partial charge in [0.1, 0.15) is 0 Å². The summed E-state index contributed by atoms with van der Waals surface area (Å²) in [4.78, 5) is 24.0. The second kappa shape index (κ2) is 9.06. The van der Waals surface area contributed by atoms with Crippen LogP contribution in [0.4, 0.5) is 0 Å². The van der Waals surface area contributed by atoms with Crippen molar-refractivity contribution < 1.29 is 14.3 Å². The third-order valence-corrected chi connectivity index (χ3v) is 4.16. The number of carbonyl (C=O) groups is 2. The van der Waals surface area contributed by atoms with Gasteiger partial charge in [-0.2, -0.15) is 0 Å². The summed E-state index contributed by atoms with van der Waals surface area (Å²) in [5.74, 6) is -0.724. The molecule has 0 aliphatic carbocycles. The summed E-state index contributed by atoms with van der Waals surface area (Å²) in [6, 6.07) is 11.9. The summed E-state index contributed by atoms with van der Waals surface area (Å²) in [5.41, 5.74) is 3.51. The number of aryl methyl sites for hydroxylation is 1. The van der Waals surface area contributed by atoms with Crippen LogP contribution in [0.2, 0.25) is 0 Å². The van der Waals surface area contributed by atoms with Gasteiger partial charge in [-0.15, -0.1) is 0 Å². The number of hydrogen-bond donors (Lipinski definition) is 1. The summed E-state index contributed by atoms with van der Waals surface area (Å²) in [5, 5.41) is 2.73. The molecule has 1 heterocycles. The Morgan fingerprint density at radius 2 is 1.88 bits per heavy atom. The van der Waals surface area contributed by atoms with Crippen LogP contribution in [-0.4, -0.2) is 29.6 Å². The Bertz CT molecular complexity index is 720. The highest BCUT2D eigenvalue weighted by atomic mass is 16.5. The maximum Gasteiger partial charge on any atom is 0.340 e. The number of ether oxygens (including phenoxy) is 1. The number of rotatable bonds is 8. The molecule has 1 aromatic carbocycles. The lowest BCUT2D eigenvalue weighted by Gasteiger charge is -2.10. The van der Waals surface area contributed by atoms with E-state index in [1.54, 1.807) is 0 Å². The van der Waals surface area contributed by atoms with Crippen molar-refractivity contribution in [2.75, 3.05) is 13.2 Å². The Morgan fingerprint density at radius 1 is 1.16 bits per heavy atom. The van der Waals surface area contributed by atoms with Gasteiger partial charge >= 0.3 is 5.97 Å². The van der Waals surface area contributed by atoms with E-state index in [2.05, 4.69) is 28.9 Å². The van der Waals surface area contributed by atoms with Crippen molar-refractivity contribution in [2.24, 2.45) is 0 Å². The molecular formula is C20H26N2O3. The van der Waals surface area contributed by atoms with E-state index >= 15 is 0 Å². The Morgan fingerprint density at radius 3 is 2.56 bits per heavy atom. The van der Waals surface area contributed by atoms with Crippen LogP contribution in [0.5, 0.6) is 0 Å². The van der Waals surface area contributed by atoms with Gasteiger partial charge < -0.3 is 14.6 Å². The number of unbranched alkanes of at least 4 members (excludes halogenated alkanes) is 1. The molecule has 0 aliphatic heterocycles. The third-order valence-electron chi connectivity index (χ3n) is 4.16. The summed E-state index contributed by atoms with van der Waals surface area (Å²) in [7, 11) is 0. The van der Waals surface area contributed by atoms with Gasteiger partial charge in [-0.05, 0) is 31.9 Å². The summed E-state index contributed by atoms with van der Waals surface area (Å²) in [6.45, 7) is 6.97. The maximum atomic E-state index is 12.3. The topological polar surface area (TPSA) is 60.3 Å². The van der Waals surface area contributed by atoms with Crippen LogP contribution < -0.4 is 5.32 Å². The van der Waals surface area contributed by atoms with Crippen LogP contribution in [0.25, 0.3) is 0 Å². The number of aromatic nitrogens is 1. The molecule has 0 fully saturated rings. The average Bonchev–Trinajstić information content (AvgIpc) is 2.89. The highest BCUT2D eigenvalue weighted by molar-refractivity contribution is 5.92. The molecule has 0 atom stereocenters. The first-order chi connectivity index (χ1) is 12.0. The molecule has 0 bridgehead atoms. The predicted octanol–water partition coefficient (Wildman–Crippen LogP) is 3.23. The highest BCUT2D eigenvalue weighted by Gasteiger charge is 2.18. The number of amides is 1. The molecule has 1 N–H and O–H groups in total. The average molecular weight is 342 g/mol. The number of nitrogens with zero attached hydrogens (tertiary/aromatic N) is 1. The van der Waals surface area contributed by atoms with Crippen LogP contribution in [0.3, 0.4) is 0 Å². The van der Waals surface area contributed by atoms with Gasteiger partial charge in [0.25, 0.3) is 5.91 Å². The predicted molar refractivity (Wildman–Crippen MR) is 97.7 cm³/mol. The van der Waals surface area contributed by atoms with Crippen LogP contribution >= 0.6 is 0 Å². The smallest absolute Gasteiger partial charge is 0.340 e. The van der Waals surface area contributed by atoms with Crippen molar-refractivity contribution in [3.8, 4) is 0 Å². The SMILES string of the molecule is CCCCNC(=O)COC(=O)c1cc(C)n(Cc2ccccc2)c1C. The summed E-state index contributed by atoms with van der Waals surface area (Å²) in [6.07, 6.45) is 1.92. The fraction of sp³-hybridized carbons (Fsp3) is 0.400. The van der Waals surface area contributed by atoms with Crippen molar-refractivity contribution in [1.82, 2.24) is 9.88 Å². The van der Waals surface area contributed by atoms with E-state index in [4.69, 9.17) is 4.74 Å². The van der Waals surface area contributed by atoms with Gasteiger partial charge in [0.2, 0.25) is 0 Å². The van der Waals surface area contributed by atoms with E-state index in [0.29, 0.717) is 18.7 Å². The van der Waals surface area contributed by atoms with Crippen molar-refractivity contribution >= 4 is 11.9 Å². The Kier molecular flexibility index (Phi) is 6.81. The second-order valence-electron chi connectivity index (χ2n) is 6.14. The molecule has 5 nitrogen and oxygen atoms in total. The fourth-order valence-electron chi connectivity index (χ4n) is 2.68. The monoisotopic (exact) mass is 342 g/mol. The molecule has 0 spiro atoms. The largest absolute Gasteiger partial charge is 0.452 e. The number of hydrogen-bond acceptors (Lipinski definition) is 3. The van der Waals surface area contributed by atoms with Crippen LogP contribution in [-0.2, 0) is 16.1 Å². The minimum atomic E-state index is -0.460. The number of benzene rings is 1. The zero-order chi connectivity index (χ0) is 18.2. The van der Waals surface area contributed by atoms with Crippen molar-refractivity contribution in [2.45, 2.75) is 40.2 Å². The Hall–Kier alpha value is -2.56. The first kappa shape index (κ1) is 18.8. The van der Waals surface area contributed by atoms with E-state index in [-0.39, 0.29) is 12.5 Å². The van der Waals surface area contributed by atoms with Crippen molar-refractivity contribution in [3.63, 3.8) is 0 Å². The first-order valence-corrected chi connectivity index (χ1v) is 8.67. The van der Waals surface area contributed by atoms with Crippen LogP contribution in [0, 0.1) is 13.8 Å². The zero-order valence-corrected chi connectivity index (χ0v) is 15.2. The van der Waals surface area contributed by atoms with Gasteiger partial charge in [-0.3, -0.25) is 4.79 Å². The normalized spacial score (nSPS) is 10.5. The standard InChI is InChI=1S/C20H26N2O3/c1-4-5-11-21-19(23)14-25-20(24)18-12-15(2)22(16(18)3)13-17-9-7-6-8-10-17/h6-10,12H,4-5,11,13-14H2,1-3H3,(H,21,23). The molecule has 0 saturated heterocycles. The zero-order valence-electron chi connectivity index (χ0n) is 15.2. The Labute approximate surface area is 149 Å². The quantitative estimate of drug-likeness (QED) is 0.592. The molecule has 2 aromatic rings. The third kappa shape index (κ3) is 5.21. The number of carbonyl (C=O) groups excluding carboxylic acids is 2. The summed E-state index contributed by atoms with van der Waals surface area (Å²) >= 11 is 0. The molecule has 25 heavy (non-hydrogen) atoms. The lowest BCUT2D eigenvalue weighted by Crippen LogP contribution is -2.29. The minimum Gasteiger partial charge on any atom is -0.452 e. The summed E-state index contributed by atoms with van der Waals surface area (Å²) < 4.78 is 7.23. The van der Waals surface area contributed by atoms with Crippen LogP contribution in [0.15, 0.2) is 36.4 Å². The van der Waals surface area contributed by atoms with E-state index in [9.17, 15) is 9.59 Å². The first-order valence-electron chi connectivity index (χ1n) is 8.67. The number of nitrogens with one attached hydrogen (secondary N) is 1. The van der Waals surface area contributed by atoms with Crippen molar-refractivity contribution in [3.05, 3.63) is 58.9 Å². The highest BCUT2D eigenvalue weighted by Crippen LogP contribution is 2.18. The Balaban J connectivity index is 1.99. The van der Waals surface area contributed by atoms with Gasteiger partial charge in [-0.25, -0.2) is 4.79 Å². The fourth-order valence-corrected chi connectivity index (χ4v) is 2.68. The maximum absolute atomic E-state index is 12.3. The molecule has 5 heteroatoms. The van der Waals surface area contributed by atoms with E-state index in [1.165, 1.54) is 5.56 Å². The van der Waals surface area contributed by atoms with Gasteiger partial charge in [0, 0.05) is 24.5 Å². The van der Waals surface area contributed by atoms with E-state index < -0.39 is 5.97 Å².